The predicted molar refractivity (Wildman–Crippen MR) is 72.2 cm³/mol. The predicted octanol–water partition coefficient (Wildman–Crippen LogP) is 1.92. The molecule has 0 amide bonds. The van der Waals surface area contributed by atoms with E-state index in [9.17, 15) is 9.90 Å². The topological polar surface area (TPSA) is 49.3 Å². The zero-order valence-corrected chi connectivity index (χ0v) is 11.0. The highest BCUT2D eigenvalue weighted by molar-refractivity contribution is 5.81. The number of benzene rings is 1. The number of nitrogens with one attached hydrogen (secondary N) is 1. The monoisotopic (exact) mass is 257 g/mol. The average molecular weight is 257 g/mol. The average Bonchev–Trinajstić information content (AvgIpc) is 2.37. The van der Waals surface area contributed by atoms with Crippen LogP contribution in [0.5, 0.6) is 5.75 Å². The molecule has 1 aromatic rings. The minimum Gasteiger partial charge on any atom is -0.508 e. The van der Waals surface area contributed by atoms with E-state index >= 15 is 0 Å². The van der Waals surface area contributed by atoms with Gasteiger partial charge in [-0.2, -0.15) is 0 Å². The minimum absolute atomic E-state index is 0.0481. The number of fused-ring (bicyclic) bond motifs is 1. The zero-order valence-electron chi connectivity index (χ0n) is 11.0. The maximum atomic E-state index is 12.0. The second-order valence-electron chi connectivity index (χ2n) is 6.37. The number of carbonyl (C=O) groups excluding carboxylic acids is 1. The molecule has 1 heterocycles. The number of Topliss-reactive ketones (excluding diaryl/α,β-unsaturated/α-hetero) is 1. The van der Waals surface area contributed by atoms with Gasteiger partial charge in [-0.25, -0.2) is 0 Å². The summed E-state index contributed by atoms with van der Waals surface area (Å²) in [5.74, 6) is 1.35. The molecule has 0 radical (unpaired) electrons. The Hall–Kier alpha value is -1.35. The van der Waals surface area contributed by atoms with E-state index in [1.165, 1.54) is 11.1 Å². The van der Waals surface area contributed by atoms with Crippen molar-refractivity contribution in [2.45, 2.75) is 43.6 Å². The Morgan fingerprint density at radius 1 is 1.37 bits per heavy atom. The Morgan fingerprint density at radius 2 is 2.26 bits per heavy atom. The third-order valence-electron chi connectivity index (χ3n) is 5.48. The normalized spacial score (nSPS) is 36.5. The van der Waals surface area contributed by atoms with E-state index in [2.05, 4.69) is 11.4 Å². The standard InChI is InChI=1S/C16H19NO2/c18-11-1-3-13-10(7-11)8-15-14-4-2-12(19)9-16(13,14)5-6-17-15/h1,3,7,14-15,17-18H,2,4-6,8-9H2. The van der Waals surface area contributed by atoms with E-state index < -0.39 is 0 Å². The van der Waals surface area contributed by atoms with Crippen molar-refractivity contribution < 1.29 is 9.90 Å². The van der Waals surface area contributed by atoms with Gasteiger partial charge in [0.25, 0.3) is 0 Å². The molecule has 2 aliphatic carbocycles. The number of phenols is 1. The number of aromatic hydroxyl groups is 1. The third kappa shape index (κ3) is 1.51. The van der Waals surface area contributed by atoms with Crippen molar-refractivity contribution in [2.75, 3.05) is 6.54 Å². The van der Waals surface area contributed by atoms with Crippen LogP contribution in [0.15, 0.2) is 18.2 Å². The molecule has 4 rings (SSSR count). The number of piperidine rings is 1. The first-order chi connectivity index (χ1) is 9.19. The number of ketones is 1. The molecule has 2 N–H and O–H groups in total. The Kier molecular flexibility index (Phi) is 2.31. The molecule has 1 saturated carbocycles. The molecule has 2 fully saturated rings. The summed E-state index contributed by atoms with van der Waals surface area (Å²) in [7, 11) is 0. The number of rotatable bonds is 0. The molecule has 3 heteroatoms. The van der Waals surface area contributed by atoms with Gasteiger partial charge in [0.15, 0.2) is 0 Å². The van der Waals surface area contributed by atoms with Crippen LogP contribution in [-0.2, 0) is 16.6 Å². The van der Waals surface area contributed by atoms with Gasteiger partial charge < -0.3 is 10.4 Å². The molecule has 1 aromatic carbocycles. The van der Waals surface area contributed by atoms with Crippen LogP contribution in [0.3, 0.4) is 0 Å². The highest BCUT2D eigenvalue weighted by atomic mass is 16.3. The van der Waals surface area contributed by atoms with Gasteiger partial charge in [0.05, 0.1) is 0 Å². The Morgan fingerprint density at radius 3 is 3.16 bits per heavy atom. The van der Waals surface area contributed by atoms with Gasteiger partial charge in [0.1, 0.15) is 11.5 Å². The molecule has 2 bridgehead atoms. The van der Waals surface area contributed by atoms with Gasteiger partial charge in [0, 0.05) is 24.3 Å². The number of carbonyl (C=O) groups is 1. The molecule has 3 atom stereocenters. The fraction of sp³-hybridized carbons (Fsp3) is 0.562. The van der Waals surface area contributed by atoms with E-state index in [1.54, 1.807) is 6.07 Å². The van der Waals surface area contributed by atoms with Crippen molar-refractivity contribution in [3.05, 3.63) is 29.3 Å². The SMILES string of the molecule is O=C1CCC2C3Cc4cc(O)ccc4C2(CCN3)C1. The van der Waals surface area contributed by atoms with Crippen molar-refractivity contribution in [2.24, 2.45) is 5.92 Å². The van der Waals surface area contributed by atoms with E-state index in [-0.39, 0.29) is 5.41 Å². The Bertz CT molecular complexity index is 554. The molecule has 3 nitrogen and oxygen atoms in total. The van der Waals surface area contributed by atoms with Gasteiger partial charge in [-0.1, -0.05) is 6.07 Å². The highest BCUT2D eigenvalue weighted by Crippen LogP contribution is 2.53. The van der Waals surface area contributed by atoms with Gasteiger partial charge >= 0.3 is 0 Å². The smallest absolute Gasteiger partial charge is 0.133 e. The molecule has 19 heavy (non-hydrogen) atoms. The lowest BCUT2D eigenvalue weighted by Gasteiger charge is -2.55. The number of hydrogen-bond donors (Lipinski definition) is 2. The molecular formula is C16H19NO2. The summed E-state index contributed by atoms with van der Waals surface area (Å²) in [6.07, 6.45) is 4.52. The number of phenolic OH excluding ortho intramolecular Hbond substituents is 1. The van der Waals surface area contributed by atoms with Crippen molar-refractivity contribution in [3.8, 4) is 5.75 Å². The molecular weight excluding hydrogens is 238 g/mol. The first-order valence-corrected chi connectivity index (χ1v) is 7.26. The van der Waals surface area contributed by atoms with Crippen LogP contribution in [-0.4, -0.2) is 23.5 Å². The second-order valence-corrected chi connectivity index (χ2v) is 6.37. The fourth-order valence-electron chi connectivity index (χ4n) is 4.76. The minimum atomic E-state index is 0.0481. The van der Waals surface area contributed by atoms with Crippen LogP contribution in [0.1, 0.15) is 36.8 Å². The summed E-state index contributed by atoms with van der Waals surface area (Å²) in [4.78, 5) is 12.0. The van der Waals surface area contributed by atoms with Gasteiger partial charge in [-0.3, -0.25) is 4.79 Å². The van der Waals surface area contributed by atoms with Crippen LogP contribution in [0.4, 0.5) is 0 Å². The molecule has 100 valence electrons. The quantitative estimate of drug-likeness (QED) is 0.746. The highest BCUT2D eigenvalue weighted by Gasteiger charge is 2.53. The van der Waals surface area contributed by atoms with Crippen LogP contribution in [0, 0.1) is 5.92 Å². The summed E-state index contributed by atoms with van der Waals surface area (Å²) in [5, 5.41) is 13.3. The summed E-state index contributed by atoms with van der Waals surface area (Å²) >= 11 is 0. The van der Waals surface area contributed by atoms with Crippen LogP contribution >= 0.6 is 0 Å². The summed E-state index contributed by atoms with van der Waals surface area (Å²) < 4.78 is 0. The lowest BCUT2D eigenvalue weighted by atomic mass is 9.52. The molecule has 0 spiro atoms. The number of hydrogen-bond acceptors (Lipinski definition) is 3. The van der Waals surface area contributed by atoms with E-state index in [4.69, 9.17) is 0 Å². The maximum absolute atomic E-state index is 12.0. The van der Waals surface area contributed by atoms with E-state index in [0.717, 1.165) is 32.2 Å². The summed E-state index contributed by atoms with van der Waals surface area (Å²) in [5.41, 5.74) is 2.62. The van der Waals surface area contributed by atoms with Crippen LogP contribution in [0.25, 0.3) is 0 Å². The van der Waals surface area contributed by atoms with Gasteiger partial charge in [-0.15, -0.1) is 0 Å². The summed E-state index contributed by atoms with van der Waals surface area (Å²) in [6.45, 7) is 1.01. The first-order valence-electron chi connectivity index (χ1n) is 7.26. The molecule has 3 unspecified atom stereocenters. The molecule has 1 saturated heterocycles. The second kappa shape index (κ2) is 3.83. The fourth-order valence-corrected chi connectivity index (χ4v) is 4.76. The third-order valence-corrected chi connectivity index (χ3v) is 5.48. The van der Waals surface area contributed by atoms with Crippen molar-refractivity contribution >= 4 is 5.78 Å². The lowest BCUT2D eigenvalue weighted by molar-refractivity contribution is -0.125. The van der Waals surface area contributed by atoms with Crippen molar-refractivity contribution in [1.82, 2.24) is 5.32 Å². The Balaban J connectivity index is 1.91. The largest absolute Gasteiger partial charge is 0.508 e. The van der Waals surface area contributed by atoms with Crippen molar-refractivity contribution in [1.29, 1.82) is 0 Å². The molecule has 0 aromatic heterocycles. The maximum Gasteiger partial charge on any atom is 0.133 e. The van der Waals surface area contributed by atoms with Crippen LogP contribution < -0.4 is 5.32 Å². The van der Waals surface area contributed by atoms with Crippen molar-refractivity contribution in [3.63, 3.8) is 0 Å². The van der Waals surface area contributed by atoms with Gasteiger partial charge in [0.2, 0.25) is 0 Å². The zero-order chi connectivity index (χ0) is 13.0. The molecule has 3 aliphatic rings. The van der Waals surface area contributed by atoms with Crippen LogP contribution in [0.2, 0.25) is 0 Å². The van der Waals surface area contributed by atoms with E-state index in [1.807, 2.05) is 6.07 Å². The van der Waals surface area contributed by atoms with E-state index in [0.29, 0.717) is 29.9 Å². The van der Waals surface area contributed by atoms with Gasteiger partial charge in [-0.05, 0) is 55.0 Å². The summed E-state index contributed by atoms with van der Waals surface area (Å²) in [6, 6.07) is 6.23. The Labute approximate surface area is 113 Å². The lowest BCUT2D eigenvalue weighted by Crippen LogP contribution is -2.60. The first kappa shape index (κ1) is 11.5. The molecule has 1 aliphatic heterocycles.